The number of nitrogens with two attached hydrogens (primary N) is 1. The van der Waals surface area contributed by atoms with Crippen molar-refractivity contribution in [3.63, 3.8) is 0 Å². The number of aromatic nitrogens is 2. The highest BCUT2D eigenvalue weighted by Crippen LogP contribution is 2.30. The number of hydrogen-bond donors (Lipinski definition) is 1. The molecule has 0 atom stereocenters. The lowest BCUT2D eigenvalue weighted by Crippen LogP contribution is -1.95. The SMILES string of the molecule is Cc1cc(Br)cn2c(N)c(-c3ccc(C(F)F)cc3)nc12. The van der Waals surface area contributed by atoms with Gasteiger partial charge in [0.05, 0.1) is 0 Å². The zero-order valence-corrected chi connectivity index (χ0v) is 12.7. The van der Waals surface area contributed by atoms with Gasteiger partial charge in [-0.2, -0.15) is 0 Å². The van der Waals surface area contributed by atoms with Gasteiger partial charge in [0.25, 0.3) is 6.43 Å². The molecule has 108 valence electrons. The van der Waals surface area contributed by atoms with Crippen molar-refractivity contribution < 1.29 is 8.78 Å². The first kappa shape index (κ1) is 14.0. The van der Waals surface area contributed by atoms with E-state index in [-0.39, 0.29) is 5.56 Å². The molecule has 6 heteroatoms. The average Bonchev–Trinajstić information content (AvgIpc) is 2.77. The van der Waals surface area contributed by atoms with Gasteiger partial charge in [0.15, 0.2) is 0 Å². The van der Waals surface area contributed by atoms with Crippen molar-refractivity contribution in [2.45, 2.75) is 13.3 Å². The Bertz CT molecular complexity index is 810. The van der Waals surface area contributed by atoms with Gasteiger partial charge in [0.2, 0.25) is 0 Å². The smallest absolute Gasteiger partial charge is 0.263 e. The van der Waals surface area contributed by atoms with Crippen LogP contribution in [0.1, 0.15) is 17.6 Å². The molecule has 3 rings (SSSR count). The van der Waals surface area contributed by atoms with Gasteiger partial charge in [-0.3, -0.25) is 4.40 Å². The van der Waals surface area contributed by atoms with Gasteiger partial charge in [-0.1, -0.05) is 24.3 Å². The van der Waals surface area contributed by atoms with Crippen LogP contribution >= 0.6 is 15.9 Å². The first-order chi connectivity index (χ1) is 9.97. The van der Waals surface area contributed by atoms with Crippen molar-refractivity contribution in [2.24, 2.45) is 0 Å². The topological polar surface area (TPSA) is 43.3 Å². The van der Waals surface area contributed by atoms with E-state index in [1.165, 1.54) is 12.1 Å². The van der Waals surface area contributed by atoms with Crippen molar-refractivity contribution >= 4 is 27.4 Å². The van der Waals surface area contributed by atoms with Gasteiger partial charge in [0, 0.05) is 21.8 Å². The number of nitrogen functional groups attached to an aromatic ring is 1. The summed E-state index contributed by atoms with van der Waals surface area (Å²) in [6.45, 7) is 1.94. The van der Waals surface area contributed by atoms with Crippen LogP contribution in [0.3, 0.4) is 0 Å². The van der Waals surface area contributed by atoms with Gasteiger partial charge in [0.1, 0.15) is 17.2 Å². The maximum atomic E-state index is 12.6. The van der Waals surface area contributed by atoms with Crippen LogP contribution in [0.25, 0.3) is 16.9 Å². The van der Waals surface area contributed by atoms with Crippen LogP contribution in [0.2, 0.25) is 0 Å². The molecule has 0 bridgehead atoms. The number of imidazole rings is 1. The molecule has 2 heterocycles. The summed E-state index contributed by atoms with van der Waals surface area (Å²) in [6.07, 6.45) is -0.641. The van der Waals surface area contributed by atoms with Gasteiger partial charge < -0.3 is 5.73 Å². The van der Waals surface area contributed by atoms with E-state index in [0.29, 0.717) is 11.5 Å². The fraction of sp³-hybridized carbons (Fsp3) is 0.133. The molecule has 0 fully saturated rings. The van der Waals surface area contributed by atoms with Crippen molar-refractivity contribution in [3.05, 3.63) is 52.1 Å². The molecule has 0 amide bonds. The van der Waals surface area contributed by atoms with Crippen molar-refractivity contribution in [1.29, 1.82) is 0 Å². The zero-order chi connectivity index (χ0) is 15.1. The number of alkyl halides is 2. The quantitative estimate of drug-likeness (QED) is 0.733. The number of aryl methyl sites for hydroxylation is 1. The molecule has 0 unspecified atom stereocenters. The molecule has 0 spiro atoms. The van der Waals surface area contributed by atoms with E-state index in [1.54, 1.807) is 16.5 Å². The molecule has 0 radical (unpaired) electrons. The number of anilines is 1. The number of benzene rings is 1. The van der Waals surface area contributed by atoms with E-state index < -0.39 is 6.43 Å². The predicted molar refractivity (Wildman–Crippen MR) is 82.4 cm³/mol. The molecule has 0 aliphatic heterocycles. The molecule has 2 aromatic heterocycles. The molecular formula is C15H12BrF2N3. The Morgan fingerprint density at radius 1 is 1.24 bits per heavy atom. The van der Waals surface area contributed by atoms with Gasteiger partial charge >= 0.3 is 0 Å². The van der Waals surface area contributed by atoms with Gasteiger partial charge in [-0.15, -0.1) is 0 Å². The summed E-state index contributed by atoms with van der Waals surface area (Å²) in [5.74, 6) is 0.485. The zero-order valence-electron chi connectivity index (χ0n) is 11.1. The minimum atomic E-state index is -2.48. The van der Waals surface area contributed by atoms with Crippen molar-refractivity contribution in [2.75, 3.05) is 5.73 Å². The van der Waals surface area contributed by atoms with Crippen LogP contribution < -0.4 is 5.73 Å². The largest absolute Gasteiger partial charge is 0.383 e. The number of hydrogen-bond acceptors (Lipinski definition) is 2. The Kier molecular flexibility index (Phi) is 3.41. The Hall–Kier alpha value is -1.95. The Balaban J connectivity index is 2.16. The molecule has 2 N–H and O–H groups in total. The van der Waals surface area contributed by atoms with E-state index in [0.717, 1.165) is 21.2 Å². The first-order valence-corrected chi connectivity index (χ1v) is 7.09. The number of rotatable bonds is 2. The second-order valence-corrected chi connectivity index (χ2v) is 5.72. The van der Waals surface area contributed by atoms with Gasteiger partial charge in [-0.25, -0.2) is 13.8 Å². The Labute approximate surface area is 128 Å². The highest BCUT2D eigenvalue weighted by Gasteiger charge is 2.14. The molecule has 0 saturated carbocycles. The highest BCUT2D eigenvalue weighted by atomic mass is 79.9. The van der Waals surface area contributed by atoms with E-state index in [9.17, 15) is 8.78 Å². The number of fused-ring (bicyclic) bond motifs is 1. The van der Waals surface area contributed by atoms with E-state index in [2.05, 4.69) is 20.9 Å². The number of pyridine rings is 1. The van der Waals surface area contributed by atoms with E-state index in [1.807, 2.05) is 19.2 Å². The lowest BCUT2D eigenvalue weighted by Gasteiger charge is -2.02. The van der Waals surface area contributed by atoms with Crippen LogP contribution in [0.4, 0.5) is 14.6 Å². The average molecular weight is 352 g/mol. The summed E-state index contributed by atoms with van der Waals surface area (Å²) in [7, 11) is 0. The monoisotopic (exact) mass is 351 g/mol. The molecular weight excluding hydrogens is 340 g/mol. The summed E-state index contributed by atoms with van der Waals surface area (Å²) in [5, 5.41) is 0. The van der Waals surface area contributed by atoms with Crippen LogP contribution in [-0.4, -0.2) is 9.38 Å². The molecule has 0 saturated heterocycles. The lowest BCUT2D eigenvalue weighted by molar-refractivity contribution is 0.151. The maximum Gasteiger partial charge on any atom is 0.263 e. The number of nitrogens with zero attached hydrogens (tertiary/aromatic N) is 2. The molecule has 3 nitrogen and oxygen atoms in total. The normalized spacial score (nSPS) is 11.5. The Morgan fingerprint density at radius 3 is 2.52 bits per heavy atom. The summed E-state index contributed by atoms with van der Waals surface area (Å²) >= 11 is 3.42. The predicted octanol–water partition coefficient (Wildman–Crippen LogP) is 4.59. The molecule has 0 aliphatic rings. The Morgan fingerprint density at radius 2 is 1.90 bits per heavy atom. The fourth-order valence-corrected chi connectivity index (χ4v) is 2.83. The standard InChI is InChI=1S/C15H12BrF2N3/c1-8-6-11(16)7-21-14(19)12(20-15(8)21)9-2-4-10(5-3-9)13(17)18/h2-7,13H,19H2,1H3. The second-order valence-electron chi connectivity index (χ2n) is 4.80. The van der Waals surface area contributed by atoms with Crippen LogP contribution in [-0.2, 0) is 0 Å². The van der Waals surface area contributed by atoms with Crippen molar-refractivity contribution in [1.82, 2.24) is 9.38 Å². The highest BCUT2D eigenvalue weighted by molar-refractivity contribution is 9.10. The second kappa shape index (κ2) is 5.11. The van der Waals surface area contributed by atoms with E-state index in [4.69, 9.17) is 5.73 Å². The molecule has 3 aromatic rings. The summed E-state index contributed by atoms with van der Waals surface area (Å²) in [6, 6.07) is 7.97. The fourth-order valence-electron chi connectivity index (χ4n) is 2.28. The molecule has 1 aromatic carbocycles. The number of halogens is 3. The van der Waals surface area contributed by atoms with Gasteiger partial charge in [-0.05, 0) is 34.5 Å². The third kappa shape index (κ3) is 2.40. The lowest BCUT2D eigenvalue weighted by atomic mass is 10.1. The summed E-state index contributed by atoms with van der Waals surface area (Å²) in [4.78, 5) is 4.53. The van der Waals surface area contributed by atoms with Crippen LogP contribution in [0.5, 0.6) is 0 Å². The molecule has 0 aliphatic carbocycles. The minimum absolute atomic E-state index is 0.0139. The maximum absolute atomic E-state index is 12.6. The van der Waals surface area contributed by atoms with E-state index >= 15 is 0 Å². The van der Waals surface area contributed by atoms with Crippen LogP contribution in [0, 0.1) is 6.92 Å². The minimum Gasteiger partial charge on any atom is -0.383 e. The summed E-state index contributed by atoms with van der Waals surface area (Å²) in [5.41, 5.74) is 9.17. The van der Waals surface area contributed by atoms with Crippen molar-refractivity contribution in [3.8, 4) is 11.3 Å². The first-order valence-electron chi connectivity index (χ1n) is 6.29. The third-order valence-corrected chi connectivity index (χ3v) is 3.78. The van der Waals surface area contributed by atoms with Crippen LogP contribution in [0.15, 0.2) is 41.0 Å². The molecule has 21 heavy (non-hydrogen) atoms. The third-order valence-electron chi connectivity index (χ3n) is 3.34. The summed E-state index contributed by atoms with van der Waals surface area (Å²) < 4.78 is 27.9.